The highest BCUT2D eigenvalue weighted by Crippen LogP contribution is 2.18. The van der Waals surface area contributed by atoms with Gasteiger partial charge in [0.25, 0.3) is 0 Å². The molecule has 0 atom stereocenters. The number of nitrogens with one attached hydrogen (secondary N) is 1. The van der Waals surface area contributed by atoms with Crippen LogP contribution < -0.4 is 9.46 Å². The molecule has 0 amide bonds. The van der Waals surface area contributed by atoms with Gasteiger partial charge in [-0.15, -0.1) is 0 Å². The van der Waals surface area contributed by atoms with Crippen molar-refractivity contribution >= 4 is 10.0 Å². The lowest BCUT2D eigenvalue weighted by Crippen LogP contribution is -2.23. The average Bonchev–Trinajstić information content (AvgIpc) is 3.22. The molecule has 0 bridgehead atoms. The summed E-state index contributed by atoms with van der Waals surface area (Å²) in [4.78, 5) is 4.22. The Morgan fingerprint density at radius 2 is 1.85 bits per heavy atom. The first-order chi connectivity index (χ1) is 13.1. The minimum atomic E-state index is -3.64. The Balaban J connectivity index is 1.69. The largest absolute Gasteiger partial charge is 0.491 e. The van der Waals surface area contributed by atoms with Crippen molar-refractivity contribution in [2.45, 2.75) is 11.4 Å². The maximum atomic E-state index is 12.6. The summed E-state index contributed by atoms with van der Waals surface area (Å²) in [7, 11) is -2.05. The third kappa shape index (κ3) is 4.94. The summed E-state index contributed by atoms with van der Waals surface area (Å²) in [6.45, 7) is 1.05. The second-order valence-corrected chi connectivity index (χ2v) is 7.50. The zero-order chi connectivity index (χ0) is 19.1. The number of sulfonamides is 1. The smallest absolute Gasteiger partial charge is 0.240 e. The second kappa shape index (κ2) is 8.81. The van der Waals surface area contributed by atoms with E-state index in [9.17, 15) is 8.42 Å². The van der Waals surface area contributed by atoms with Crippen LogP contribution in [0.4, 0.5) is 0 Å². The van der Waals surface area contributed by atoms with Gasteiger partial charge in [-0.25, -0.2) is 18.1 Å². The van der Waals surface area contributed by atoms with Crippen LogP contribution in [0.1, 0.15) is 5.56 Å². The van der Waals surface area contributed by atoms with Crippen molar-refractivity contribution in [3.63, 3.8) is 0 Å². The summed E-state index contributed by atoms with van der Waals surface area (Å²) in [6, 6.07) is 13.9. The van der Waals surface area contributed by atoms with Crippen molar-refractivity contribution in [2.75, 3.05) is 20.3 Å². The molecule has 1 N–H and O–H groups in total. The molecule has 1 heterocycles. The van der Waals surface area contributed by atoms with Crippen LogP contribution in [0.25, 0.3) is 5.69 Å². The number of rotatable bonds is 9. The van der Waals surface area contributed by atoms with Crippen LogP contribution in [0.2, 0.25) is 0 Å². The molecule has 0 aliphatic rings. The lowest BCUT2D eigenvalue weighted by atomic mass is 10.2. The fourth-order valence-corrected chi connectivity index (χ4v) is 3.53. The number of ether oxygens (including phenoxy) is 2. The van der Waals surface area contributed by atoms with Crippen LogP contribution in [-0.4, -0.2) is 38.3 Å². The number of nitrogens with zero attached hydrogens (tertiary/aromatic N) is 2. The van der Waals surface area contributed by atoms with Crippen LogP contribution >= 0.6 is 0 Å². The third-order valence-electron chi connectivity index (χ3n) is 3.92. The fourth-order valence-electron chi connectivity index (χ4n) is 2.53. The standard InChI is InChI=1S/C19H21N3O4S/c1-25-12-13-26-17-6-8-18(9-7-17)27(23,24)21-14-16-4-2-3-5-19(16)22-11-10-20-15-22/h2-11,15,21H,12-14H2,1H3. The van der Waals surface area contributed by atoms with Gasteiger partial charge in [0.1, 0.15) is 12.4 Å². The van der Waals surface area contributed by atoms with Crippen molar-refractivity contribution < 1.29 is 17.9 Å². The Morgan fingerprint density at radius 3 is 2.56 bits per heavy atom. The number of hydrogen-bond acceptors (Lipinski definition) is 5. The molecular formula is C19H21N3O4S. The molecule has 2 aromatic carbocycles. The van der Waals surface area contributed by atoms with Crippen LogP contribution in [0, 0.1) is 0 Å². The van der Waals surface area contributed by atoms with Gasteiger partial charge < -0.3 is 14.0 Å². The third-order valence-corrected chi connectivity index (χ3v) is 5.33. The normalized spacial score (nSPS) is 11.4. The van der Waals surface area contributed by atoms with E-state index >= 15 is 0 Å². The molecule has 3 aromatic rings. The predicted octanol–water partition coefficient (Wildman–Crippen LogP) is 2.38. The van der Waals surface area contributed by atoms with Crippen molar-refractivity contribution in [3.8, 4) is 11.4 Å². The molecule has 0 radical (unpaired) electrons. The second-order valence-electron chi connectivity index (χ2n) is 5.74. The molecule has 1 aromatic heterocycles. The maximum absolute atomic E-state index is 12.6. The monoisotopic (exact) mass is 387 g/mol. The molecule has 0 saturated heterocycles. The highest BCUT2D eigenvalue weighted by atomic mass is 32.2. The molecule has 27 heavy (non-hydrogen) atoms. The SMILES string of the molecule is COCCOc1ccc(S(=O)(=O)NCc2ccccc2-n2ccnc2)cc1. The van der Waals surface area contributed by atoms with E-state index in [2.05, 4.69) is 9.71 Å². The first-order valence-corrected chi connectivity index (χ1v) is 9.86. The molecule has 0 aliphatic carbocycles. The molecule has 3 rings (SSSR count). The molecule has 0 spiro atoms. The quantitative estimate of drug-likeness (QED) is 0.570. The van der Waals surface area contributed by atoms with Crippen molar-refractivity contribution in [2.24, 2.45) is 0 Å². The summed E-state index contributed by atoms with van der Waals surface area (Å²) in [5.74, 6) is 0.594. The first kappa shape index (κ1) is 19.1. The highest BCUT2D eigenvalue weighted by molar-refractivity contribution is 7.89. The highest BCUT2D eigenvalue weighted by Gasteiger charge is 2.15. The van der Waals surface area contributed by atoms with Gasteiger partial charge in [0.05, 0.1) is 23.5 Å². The first-order valence-electron chi connectivity index (χ1n) is 8.38. The van der Waals surface area contributed by atoms with E-state index in [0.29, 0.717) is 19.0 Å². The van der Waals surface area contributed by atoms with E-state index in [0.717, 1.165) is 11.3 Å². The zero-order valence-electron chi connectivity index (χ0n) is 14.9. The van der Waals surface area contributed by atoms with Crippen molar-refractivity contribution in [1.29, 1.82) is 0 Å². The molecule has 8 heteroatoms. The van der Waals surface area contributed by atoms with Crippen LogP contribution in [-0.2, 0) is 21.3 Å². The van der Waals surface area contributed by atoms with Gasteiger partial charge in [0.15, 0.2) is 0 Å². The minimum Gasteiger partial charge on any atom is -0.491 e. The summed E-state index contributed by atoms with van der Waals surface area (Å²) in [5.41, 5.74) is 1.72. The zero-order valence-corrected chi connectivity index (χ0v) is 15.7. The Labute approximate surface area is 158 Å². The molecular weight excluding hydrogens is 366 g/mol. The van der Waals surface area contributed by atoms with Gasteiger partial charge in [-0.1, -0.05) is 18.2 Å². The van der Waals surface area contributed by atoms with Gasteiger partial charge in [0, 0.05) is 26.0 Å². The number of imidazole rings is 1. The number of para-hydroxylation sites is 1. The van der Waals surface area contributed by atoms with Gasteiger partial charge >= 0.3 is 0 Å². The summed E-state index contributed by atoms with van der Waals surface area (Å²) in [5, 5.41) is 0. The number of hydrogen-bond donors (Lipinski definition) is 1. The van der Waals surface area contributed by atoms with Gasteiger partial charge in [-0.3, -0.25) is 0 Å². The van der Waals surface area contributed by atoms with Gasteiger partial charge in [0.2, 0.25) is 10.0 Å². The summed E-state index contributed by atoms with van der Waals surface area (Å²) >= 11 is 0. The van der Waals surface area contributed by atoms with E-state index in [1.54, 1.807) is 31.8 Å². The topological polar surface area (TPSA) is 82.5 Å². The van der Waals surface area contributed by atoms with Gasteiger partial charge in [-0.05, 0) is 35.9 Å². The maximum Gasteiger partial charge on any atom is 0.240 e. The Bertz CT molecular complexity index is 955. The van der Waals surface area contributed by atoms with E-state index in [4.69, 9.17) is 9.47 Å². The van der Waals surface area contributed by atoms with Crippen molar-refractivity contribution in [3.05, 3.63) is 72.8 Å². The van der Waals surface area contributed by atoms with Crippen LogP contribution in [0.3, 0.4) is 0 Å². The number of aromatic nitrogens is 2. The number of benzene rings is 2. The van der Waals surface area contributed by atoms with E-state index in [1.807, 2.05) is 35.0 Å². The lowest BCUT2D eigenvalue weighted by molar-refractivity contribution is 0.146. The fraction of sp³-hybridized carbons (Fsp3) is 0.211. The molecule has 0 saturated carbocycles. The van der Waals surface area contributed by atoms with E-state index < -0.39 is 10.0 Å². The Hall–Kier alpha value is -2.68. The molecule has 142 valence electrons. The predicted molar refractivity (Wildman–Crippen MR) is 101 cm³/mol. The molecule has 0 unspecified atom stereocenters. The molecule has 0 fully saturated rings. The Morgan fingerprint density at radius 1 is 1.07 bits per heavy atom. The lowest BCUT2D eigenvalue weighted by Gasteiger charge is -2.12. The molecule has 0 aliphatic heterocycles. The van der Waals surface area contributed by atoms with Crippen LogP contribution in [0.5, 0.6) is 5.75 Å². The van der Waals surface area contributed by atoms with Crippen LogP contribution in [0.15, 0.2) is 72.1 Å². The van der Waals surface area contributed by atoms with Crippen molar-refractivity contribution in [1.82, 2.24) is 14.3 Å². The Kier molecular flexibility index (Phi) is 6.23. The van der Waals surface area contributed by atoms with E-state index in [1.165, 1.54) is 12.1 Å². The summed E-state index contributed by atoms with van der Waals surface area (Å²) < 4.78 is 40.0. The number of methoxy groups -OCH3 is 1. The summed E-state index contributed by atoms with van der Waals surface area (Å²) in [6.07, 6.45) is 5.17. The average molecular weight is 387 g/mol. The minimum absolute atomic E-state index is 0.169. The van der Waals surface area contributed by atoms with Gasteiger partial charge in [-0.2, -0.15) is 0 Å². The molecule has 7 nitrogen and oxygen atoms in total. The van der Waals surface area contributed by atoms with E-state index in [-0.39, 0.29) is 11.4 Å².